The predicted octanol–water partition coefficient (Wildman–Crippen LogP) is 2.89. The van der Waals surface area contributed by atoms with E-state index >= 15 is 0 Å². The standard InChI is InChI=1S/C15H30N2/c1-12(2)14-11-17(9-5-8-16-14)13-6-7-15(3,4)10-13/h12-14,16H,5-11H2,1-4H3. The van der Waals surface area contributed by atoms with E-state index in [1.807, 2.05) is 0 Å². The third-order valence-electron chi connectivity index (χ3n) is 4.72. The Morgan fingerprint density at radius 1 is 1.29 bits per heavy atom. The lowest BCUT2D eigenvalue weighted by Crippen LogP contribution is -2.44. The van der Waals surface area contributed by atoms with Crippen LogP contribution in [0.3, 0.4) is 0 Å². The Balaban J connectivity index is 1.95. The minimum absolute atomic E-state index is 0.581. The van der Waals surface area contributed by atoms with Crippen LogP contribution in [0.2, 0.25) is 0 Å². The van der Waals surface area contributed by atoms with Crippen LogP contribution in [0.1, 0.15) is 53.4 Å². The second kappa shape index (κ2) is 5.27. The Kier molecular flexibility index (Phi) is 4.14. The Morgan fingerprint density at radius 2 is 2.06 bits per heavy atom. The molecule has 0 aromatic heterocycles. The second-order valence-corrected chi connectivity index (χ2v) is 7.21. The maximum absolute atomic E-state index is 3.71. The fraction of sp³-hybridized carbons (Fsp3) is 1.00. The van der Waals surface area contributed by atoms with E-state index in [0.29, 0.717) is 11.5 Å². The maximum atomic E-state index is 3.71. The minimum Gasteiger partial charge on any atom is -0.312 e. The lowest BCUT2D eigenvalue weighted by Gasteiger charge is -2.32. The van der Waals surface area contributed by atoms with E-state index in [9.17, 15) is 0 Å². The zero-order valence-electron chi connectivity index (χ0n) is 12.1. The topological polar surface area (TPSA) is 15.3 Å². The largest absolute Gasteiger partial charge is 0.312 e. The fourth-order valence-electron chi connectivity index (χ4n) is 3.47. The molecule has 0 radical (unpaired) electrons. The highest BCUT2D eigenvalue weighted by Crippen LogP contribution is 2.39. The summed E-state index contributed by atoms with van der Waals surface area (Å²) < 4.78 is 0. The first-order valence-corrected chi connectivity index (χ1v) is 7.45. The zero-order valence-corrected chi connectivity index (χ0v) is 12.1. The third kappa shape index (κ3) is 3.45. The quantitative estimate of drug-likeness (QED) is 0.796. The normalized spacial score (nSPS) is 35.1. The van der Waals surface area contributed by atoms with E-state index in [-0.39, 0.29) is 0 Å². The van der Waals surface area contributed by atoms with Crippen molar-refractivity contribution in [3.8, 4) is 0 Å². The van der Waals surface area contributed by atoms with E-state index in [4.69, 9.17) is 0 Å². The molecule has 2 unspecified atom stereocenters. The van der Waals surface area contributed by atoms with Crippen LogP contribution in [0.15, 0.2) is 0 Å². The molecule has 2 nitrogen and oxygen atoms in total. The molecular formula is C15H30N2. The van der Waals surface area contributed by atoms with Crippen LogP contribution in [0, 0.1) is 11.3 Å². The summed E-state index contributed by atoms with van der Waals surface area (Å²) in [6.45, 7) is 13.3. The molecule has 2 aliphatic rings. The number of hydrogen-bond acceptors (Lipinski definition) is 2. The Bertz CT molecular complexity index is 247. The lowest BCUT2D eigenvalue weighted by atomic mass is 9.91. The number of nitrogens with zero attached hydrogens (tertiary/aromatic N) is 1. The summed E-state index contributed by atoms with van der Waals surface area (Å²) in [6.07, 6.45) is 5.55. The lowest BCUT2D eigenvalue weighted by molar-refractivity contribution is 0.172. The van der Waals surface area contributed by atoms with Crippen LogP contribution < -0.4 is 5.32 Å². The predicted molar refractivity (Wildman–Crippen MR) is 74.2 cm³/mol. The summed E-state index contributed by atoms with van der Waals surface area (Å²) in [5.41, 5.74) is 0.581. The van der Waals surface area contributed by atoms with Gasteiger partial charge in [0, 0.05) is 18.6 Å². The Hall–Kier alpha value is -0.0800. The molecule has 2 heteroatoms. The number of nitrogens with one attached hydrogen (secondary N) is 1. The van der Waals surface area contributed by atoms with Gasteiger partial charge in [-0.05, 0) is 50.1 Å². The molecule has 100 valence electrons. The molecule has 1 heterocycles. The Labute approximate surface area is 107 Å². The van der Waals surface area contributed by atoms with E-state index in [2.05, 4.69) is 37.9 Å². The first kappa shape index (κ1) is 13.4. The van der Waals surface area contributed by atoms with Crippen LogP contribution in [0.25, 0.3) is 0 Å². The first-order chi connectivity index (χ1) is 7.98. The highest BCUT2D eigenvalue weighted by atomic mass is 15.2. The summed E-state index contributed by atoms with van der Waals surface area (Å²) in [6, 6.07) is 1.55. The zero-order chi connectivity index (χ0) is 12.5. The van der Waals surface area contributed by atoms with Gasteiger partial charge in [-0.3, -0.25) is 4.90 Å². The molecular weight excluding hydrogens is 208 g/mol. The van der Waals surface area contributed by atoms with Gasteiger partial charge in [-0.25, -0.2) is 0 Å². The van der Waals surface area contributed by atoms with Gasteiger partial charge in [0.1, 0.15) is 0 Å². The van der Waals surface area contributed by atoms with Gasteiger partial charge in [0.25, 0.3) is 0 Å². The molecule has 2 fully saturated rings. The highest BCUT2D eigenvalue weighted by molar-refractivity contribution is 4.91. The Morgan fingerprint density at radius 3 is 2.65 bits per heavy atom. The van der Waals surface area contributed by atoms with E-state index in [1.165, 1.54) is 45.3 Å². The fourth-order valence-corrected chi connectivity index (χ4v) is 3.47. The second-order valence-electron chi connectivity index (χ2n) is 7.21. The van der Waals surface area contributed by atoms with Crippen LogP contribution in [0.5, 0.6) is 0 Å². The van der Waals surface area contributed by atoms with Gasteiger partial charge in [0.05, 0.1) is 0 Å². The van der Waals surface area contributed by atoms with Gasteiger partial charge in [-0.15, -0.1) is 0 Å². The average molecular weight is 238 g/mol. The molecule has 0 amide bonds. The molecule has 0 aromatic rings. The van der Waals surface area contributed by atoms with Crippen molar-refractivity contribution in [2.75, 3.05) is 19.6 Å². The van der Waals surface area contributed by atoms with Crippen molar-refractivity contribution in [1.82, 2.24) is 10.2 Å². The van der Waals surface area contributed by atoms with Crippen molar-refractivity contribution in [1.29, 1.82) is 0 Å². The van der Waals surface area contributed by atoms with Crippen LogP contribution >= 0.6 is 0 Å². The summed E-state index contributed by atoms with van der Waals surface area (Å²) in [5, 5.41) is 3.71. The molecule has 1 saturated carbocycles. The average Bonchev–Trinajstić information content (AvgIpc) is 2.51. The maximum Gasteiger partial charge on any atom is 0.0218 e. The van der Waals surface area contributed by atoms with Gasteiger partial charge in [-0.2, -0.15) is 0 Å². The first-order valence-electron chi connectivity index (χ1n) is 7.45. The summed E-state index contributed by atoms with van der Waals surface area (Å²) in [5.74, 6) is 0.755. The van der Waals surface area contributed by atoms with Crippen LogP contribution in [-0.2, 0) is 0 Å². The van der Waals surface area contributed by atoms with Gasteiger partial charge < -0.3 is 5.32 Å². The molecule has 1 aliphatic carbocycles. The third-order valence-corrected chi connectivity index (χ3v) is 4.72. The van der Waals surface area contributed by atoms with Crippen molar-refractivity contribution in [3.05, 3.63) is 0 Å². The monoisotopic (exact) mass is 238 g/mol. The highest BCUT2D eigenvalue weighted by Gasteiger charge is 2.35. The molecule has 1 N–H and O–H groups in total. The molecule has 1 aliphatic heterocycles. The van der Waals surface area contributed by atoms with Gasteiger partial charge >= 0.3 is 0 Å². The van der Waals surface area contributed by atoms with Gasteiger partial charge in [-0.1, -0.05) is 27.7 Å². The molecule has 2 atom stereocenters. The van der Waals surface area contributed by atoms with Crippen molar-refractivity contribution in [3.63, 3.8) is 0 Å². The van der Waals surface area contributed by atoms with Crippen LogP contribution in [0.4, 0.5) is 0 Å². The summed E-state index contributed by atoms with van der Waals surface area (Å²) in [4.78, 5) is 2.78. The molecule has 17 heavy (non-hydrogen) atoms. The number of rotatable bonds is 2. The summed E-state index contributed by atoms with van der Waals surface area (Å²) in [7, 11) is 0. The minimum atomic E-state index is 0.581. The SMILES string of the molecule is CC(C)C1CN(C2CCC(C)(C)C2)CCCN1. The molecule has 0 spiro atoms. The molecule has 1 saturated heterocycles. The van der Waals surface area contributed by atoms with Gasteiger partial charge in [0.15, 0.2) is 0 Å². The van der Waals surface area contributed by atoms with E-state index in [0.717, 1.165) is 12.0 Å². The van der Waals surface area contributed by atoms with Crippen molar-refractivity contribution in [2.45, 2.75) is 65.5 Å². The van der Waals surface area contributed by atoms with Crippen LogP contribution in [-0.4, -0.2) is 36.6 Å². The molecule has 2 rings (SSSR count). The number of hydrogen-bond donors (Lipinski definition) is 1. The molecule has 0 bridgehead atoms. The summed E-state index contributed by atoms with van der Waals surface area (Å²) >= 11 is 0. The van der Waals surface area contributed by atoms with Crippen molar-refractivity contribution < 1.29 is 0 Å². The van der Waals surface area contributed by atoms with Crippen molar-refractivity contribution in [2.24, 2.45) is 11.3 Å². The van der Waals surface area contributed by atoms with E-state index < -0.39 is 0 Å². The molecule has 0 aromatic carbocycles. The van der Waals surface area contributed by atoms with E-state index in [1.54, 1.807) is 0 Å². The smallest absolute Gasteiger partial charge is 0.0218 e. The van der Waals surface area contributed by atoms with Gasteiger partial charge in [0.2, 0.25) is 0 Å². The van der Waals surface area contributed by atoms with Crippen molar-refractivity contribution >= 4 is 0 Å².